The average molecular weight is 351 g/mol. The molecule has 0 aliphatic carbocycles. The molecular weight excluding hydrogens is 342 g/mol. The molecule has 2 N–H and O–H groups in total. The van der Waals surface area contributed by atoms with E-state index >= 15 is 0 Å². The maximum atomic E-state index is 13.3. The fourth-order valence-corrected chi connectivity index (χ4v) is 2.20. The second-order valence-corrected chi connectivity index (χ2v) is 5.06. The lowest BCUT2D eigenvalue weighted by Crippen LogP contribution is -2.12. The van der Waals surface area contributed by atoms with Crippen molar-refractivity contribution in [3.8, 4) is 0 Å². The Morgan fingerprint density at radius 1 is 1.04 bits per heavy atom. The number of halogens is 4. The first-order chi connectivity index (χ1) is 11.7. The van der Waals surface area contributed by atoms with E-state index in [9.17, 15) is 22.4 Å². The van der Waals surface area contributed by atoms with Gasteiger partial charge in [0.2, 0.25) is 5.95 Å². The lowest BCUT2D eigenvalue weighted by Gasteiger charge is -2.12. The Balaban J connectivity index is 2.04. The highest BCUT2D eigenvalue weighted by atomic mass is 19.4. The molecule has 128 valence electrons. The first-order valence-corrected chi connectivity index (χ1v) is 6.89. The number of nitrogens with zero attached hydrogens (tertiary/aromatic N) is 2. The van der Waals surface area contributed by atoms with Crippen molar-refractivity contribution in [3.05, 3.63) is 59.5 Å². The van der Waals surface area contributed by atoms with E-state index in [4.69, 9.17) is 5.11 Å². The second-order valence-electron chi connectivity index (χ2n) is 5.06. The highest BCUT2D eigenvalue weighted by molar-refractivity contribution is 5.88. The van der Waals surface area contributed by atoms with Crippen LogP contribution in [0.3, 0.4) is 0 Å². The van der Waals surface area contributed by atoms with Crippen LogP contribution in [0, 0.1) is 5.82 Å². The standard InChI is InChI=1S/C16H9F4N3O2/c17-9-3-6-12-11(7-9)13(16(18,19)20)23-15(22-12)21-10-4-1-8(2-5-10)14(24)25/h1-7H,(H,24,25)(H,21,22,23). The van der Waals surface area contributed by atoms with Crippen LogP contribution in [0.15, 0.2) is 42.5 Å². The molecule has 0 spiro atoms. The molecule has 0 fully saturated rings. The molecule has 9 heteroatoms. The minimum absolute atomic E-state index is 0.0245. The summed E-state index contributed by atoms with van der Waals surface area (Å²) in [5.74, 6) is -2.30. The third-order valence-corrected chi connectivity index (χ3v) is 3.31. The van der Waals surface area contributed by atoms with E-state index in [-0.39, 0.29) is 17.0 Å². The van der Waals surface area contributed by atoms with E-state index in [0.717, 1.165) is 18.2 Å². The number of hydrogen-bond acceptors (Lipinski definition) is 4. The predicted molar refractivity (Wildman–Crippen MR) is 81.2 cm³/mol. The highest BCUT2D eigenvalue weighted by Gasteiger charge is 2.35. The zero-order chi connectivity index (χ0) is 18.2. The molecule has 1 aromatic heterocycles. The molecule has 0 bridgehead atoms. The molecule has 0 saturated heterocycles. The molecule has 3 aromatic rings. The van der Waals surface area contributed by atoms with E-state index in [1.165, 1.54) is 24.3 Å². The monoisotopic (exact) mass is 351 g/mol. The van der Waals surface area contributed by atoms with Crippen LogP contribution in [0.5, 0.6) is 0 Å². The van der Waals surface area contributed by atoms with Gasteiger partial charge in [0.05, 0.1) is 11.1 Å². The van der Waals surface area contributed by atoms with Crippen molar-refractivity contribution in [1.29, 1.82) is 0 Å². The molecule has 0 atom stereocenters. The molecule has 0 aliphatic rings. The van der Waals surface area contributed by atoms with Crippen molar-refractivity contribution in [1.82, 2.24) is 9.97 Å². The fourth-order valence-electron chi connectivity index (χ4n) is 2.20. The quantitative estimate of drug-likeness (QED) is 0.691. The van der Waals surface area contributed by atoms with Crippen molar-refractivity contribution in [2.75, 3.05) is 5.32 Å². The second kappa shape index (κ2) is 6.00. The Labute approximate surface area is 138 Å². The van der Waals surface area contributed by atoms with Gasteiger partial charge in [-0.25, -0.2) is 19.2 Å². The summed E-state index contributed by atoms with van der Waals surface area (Å²) < 4.78 is 52.9. The van der Waals surface area contributed by atoms with Gasteiger partial charge in [0, 0.05) is 11.1 Å². The van der Waals surface area contributed by atoms with Crippen LogP contribution in [0.4, 0.5) is 29.2 Å². The lowest BCUT2D eigenvalue weighted by molar-refractivity contribution is -0.139. The maximum absolute atomic E-state index is 13.3. The SMILES string of the molecule is O=C(O)c1ccc(Nc2nc(C(F)(F)F)c3cc(F)ccc3n2)cc1. The Hall–Kier alpha value is -3.23. The van der Waals surface area contributed by atoms with Gasteiger partial charge in [-0.05, 0) is 42.5 Å². The van der Waals surface area contributed by atoms with Crippen molar-refractivity contribution in [2.45, 2.75) is 6.18 Å². The zero-order valence-electron chi connectivity index (χ0n) is 12.3. The summed E-state index contributed by atoms with van der Waals surface area (Å²) >= 11 is 0. The van der Waals surface area contributed by atoms with Gasteiger partial charge in [0.25, 0.3) is 0 Å². The Bertz CT molecular complexity index is 956. The number of carboxylic acids is 1. The van der Waals surface area contributed by atoms with Gasteiger partial charge in [-0.3, -0.25) is 0 Å². The number of carbonyl (C=O) groups is 1. The molecule has 2 aromatic carbocycles. The van der Waals surface area contributed by atoms with Crippen LogP contribution in [-0.2, 0) is 6.18 Å². The lowest BCUT2D eigenvalue weighted by atomic mass is 10.1. The van der Waals surface area contributed by atoms with Crippen LogP contribution < -0.4 is 5.32 Å². The number of fused-ring (bicyclic) bond motifs is 1. The molecule has 0 radical (unpaired) electrons. The number of aromatic nitrogens is 2. The summed E-state index contributed by atoms with van der Waals surface area (Å²) in [6.45, 7) is 0. The molecular formula is C16H9F4N3O2. The van der Waals surface area contributed by atoms with Gasteiger partial charge >= 0.3 is 12.1 Å². The molecule has 0 amide bonds. The first-order valence-electron chi connectivity index (χ1n) is 6.89. The summed E-state index contributed by atoms with van der Waals surface area (Å²) in [5, 5.41) is 11.0. The number of carboxylic acid groups (broad SMARTS) is 1. The number of nitrogens with one attached hydrogen (secondary N) is 1. The van der Waals surface area contributed by atoms with Gasteiger partial charge in [-0.1, -0.05) is 0 Å². The smallest absolute Gasteiger partial charge is 0.434 e. The number of aromatic carboxylic acids is 1. The van der Waals surface area contributed by atoms with Crippen molar-refractivity contribution in [3.63, 3.8) is 0 Å². The summed E-state index contributed by atoms with van der Waals surface area (Å²) in [7, 11) is 0. The third-order valence-electron chi connectivity index (χ3n) is 3.31. The van der Waals surface area contributed by atoms with Crippen LogP contribution >= 0.6 is 0 Å². The maximum Gasteiger partial charge on any atom is 0.434 e. The number of anilines is 2. The average Bonchev–Trinajstić information content (AvgIpc) is 2.54. The third kappa shape index (κ3) is 3.49. The van der Waals surface area contributed by atoms with Gasteiger partial charge in [-0.15, -0.1) is 0 Å². The Morgan fingerprint density at radius 2 is 1.72 bits per heavy atom. The molecule has 1 heterocycles. The van der Waals surface area contributed by atoms with Crippen molar-refractivity contribution >= 4 is 28.5 Å². The van der Waals surface area contributed by atoms with Crippen LogP contribution in [-0.4, -0.2) is 21.0 Å². The molecule has 0 aliphatic heterocycles. The predicted octanol–water partition coefficient (Wildman–Crippen LogP) is 4.23. The normalized spacial score (nSPS) is 11.5. The molecule has 0 saturated carbocycles. The summed E-state index contributed by atoms with van der Waals surface area (Å²) in [5.41, 5.74) is -1.01. The van der Waals surface area contributed by atoms with E-state index in [2.05, 4.69) is 15.3 Å². The number of benzene rings is 2. The van der Waals surface area contributed by atoms with Crippen molar-refractivity contribution < 1.29 is 27.5 Å². The van der Waals surface area contributed by atoms with Crippen LogP contribution in [0.2, 0.25) is 0 Å². The van der Waals surface area contributed by atoms with Crippen LogP contribution in [0.25, 0.3) is 10.9 Å². The summed E-state index contributed by atoms with van der Waals surface area (Å²) in [4.78, 5) is 18.2. The van der Waals surface area contributed by atoms with Gasteiger partial charge in [0.1, 0.15) is 5.82 Å². The summed E-state index contributed by atoms with van der Waals surface area (Å²) in [6, 6.07) is 8.16. The van der Waals surface area contributed by atoms with E-state index in [1.54, 1.807) is 0 Å². The Morgan fingerprint density at radius 3 is 2.32 bits per heavy atom. The van der Waals surface area contributed by atoms with Gasteiger partial charge in [0.15, 0.2) is 5.69 Å². The molecule has 0 unspecified atom stereocenters. The molecule has 25 heavy (non-hydrogen) atoms. The molecule has 3 rings (SSSR count). The van der Waals surface area contributed by atoms with Crippen LogP contribution in [0.1, 0.15) is 16.1 Å². The zero-order valence-corrected chi connectivity index (χ0v) is 12.3. The fraction of sp³-hybridized carbons (Fsp3) is 0.0625. The van der Waals surface area contributed by atoms with E-state index in [0.29, 0.717) is 5.69 Å². The van der Waals surface area contributed by atoms with Crippen molar-refractivity contribution in [2.24, 2.45) is 0 Å². The van der Waals surface area contributed by atoms with Gasteiger partial charge in [-0.2, -0.15) is 13.2 Å². The molecule has 5 nitrogen and oxygen atoms in total. The highest BCUT2D eigenvalue weighted by Crippen LogP contribution is 2.34. The number of alkyl halides is 3. The Kier molecular flexibility index (Phi) is 3.99. The largest absolute Gasteiger partial charge is 0.478 e. The van der Waals surface area contributed by atoms with Gasteiger partial charge < -0.3 is 10.4 Å². The number of hydrogen-bond donors (Lipinski definition) is 2. The minimum Gasteiger partial charge on any atom is -0.478 e. The number of rotatable bonds is 3. The first kappa shape index (κ1) is 16.6. The minimum atomic E-state index is -4.79. The topological polar surface area (TPSA) is 75.1 Å². The van der Waals surface area contributed by atoms with E-state index < -0.39 is 29.0 Å². The van der Waals surface area contributed by atoms with E-state index in [1.807, 2.05) is 0 Å². The summed E-state index contributed by atoms with van der Waals surface area (Å²) in [6.07, 6.45) is -4.79.